The second-order valence-corrected chi connectivity index (χ2v) is 4.96. The Labute approximate surface area is 148 Å². The fourth-order valence-electron chi connectivity index (χ4n) is 2.33. The Bertz CT molecular complexity index is 645. The van der Waals surface area contributed by atoms with Crippen LogP contribution in [0.5, 0.6) is 0 Å². The van der Waals surface area contributed by atoms with Crippen LogP contribution in [0.15, 0.2) is 12.7 Å². The summed E-state index contributed by atoms with van der Waals surface area (Å²) in [7, 11) is 0. The van der Waals surface area contributed by atoms with Gasteiger partial charge < -0.3 is 9.55 Å². The van der Waals surface area contributed by atoms with Crippen molar-refractivity contribution in [2.45, 2.75) is 13.0 Å². The van der Waals surface area contributed by atoms with Crippen LogP contribution in [0.25, 0.3) is 11.2 Å². The predicted octanol–water partition coefficient (Wildman–Crippen LogP) is 2.22. The van der Waals surface area contributed by atoms with Crippen LogP contribution in [0.3, 0.4) is 0 Å². The zero-order chi connectivity index (χ0) is 15.4. The number of aromatic amines is 1. The first-order valence-electron chi connectivity index (χ1n) is 7.10. The zero-order valence-electron chi connectivity index (χ0n) is 12.6. The molecule has 6 heteroatoms. The summed E-state index contributed by atoms with van der Waals surface area (Å²) in [6.07, 6.45) is 21.4. The van der Waals surface area contributed by atoms with Gasteiger partial charge in [-0.25, -0.2) is 9.97 Å². The molecular weight excluding hydrogens is 330 g/mol. The van der Waals surface area contributed by atoms with Crippen molar-refractivity contribution in [3.05, 3.63) is 81.8 Å². The molecule has 2 N–H and O–H groups in total. The van der Waals surface area contributed by atoms with Crippen molar-refractivity contribution in [2.24, 2.45) is 0 Å². The van der Waals surface area contributed by atoms with Crippen molar-refractivity contribution in [3.8, 4) is 0 Å². The van der Waals surface area contributed by atoms with Gasteiger partial charge in [0.1, 0.15) is 5.52 Å². The van der Waals surface area contributed by atoms with E-state index in [1.807, 2.05) is 49.5 Å². The van der Waals surface area contributed by atoms with Crippen LogP contribution in [0.2, 0.25) is 0 Å². The van der Waals surface area contributed by atoms with Crippen molar-refractivity contribution < 1.29 is 17.1 Å². The molecule has 5 nitrogen and oxygen atoms in total. The van der Waals surface area contributed by atoms with Crippen molar-refractivity contribution >= 4 is 11.2 Å². The van der Waals surface area contributed by atoms with Gasteiger partial charge in [-0.1, -0.05) is 0 Å². The van der Waals surface area contributed by atoms with E-state index in [-0.39, 0.29) is 28.6 Å². The predicted molar refractivity (Wildman–Crippen MR) is 84.4 cm³/mol. The molecule has 23 heavy (non-hydrogen) atoms. The molecule has 0 saturated heterocycles. The van der Waals surface area contributed by atoms with Crippen LogP contribution in [0.1, 0.15) is 13.0 Å². The largest absolute Gasteiger partial charge is 2.00 e. The second kappa shape index (κ2) is 8.65. The van der Waals surface area contributed by atoms with Crippen molar-refractivity contribution in [3.63, 3.8) is 0 Å². The van der Waals surface area contributed by atoms with E-state index < -0.39 is 0 Å². The first kappa shape index (κ1) is 18.2. The molecule has 2 aromatic rings. The van der Waals surface area contributed by atoms with Gasteiger partial charge in [0.2, 0.25) is 0 Å². The van der Waals surface area contributed by atoms with Gasteiger partial charge in [-0.3, -0.25) is 5.41 Å². The summed E-state index contributed by atoms with van der Waals surface area (Å²) in [6.45, 7) is 2.09. The Morgan fingerprint density at radius 2 is 1.61 bits per heavy atom. The molecule has 0 amide bonds. The van der Waals surface area contributed by atoms with Crippen LogP contribution < -0.4 is 5.49 Å². The maximum absolute atomic E-state index is 7.70. The third kappa shape index (κ3) is 4.24. The van der Waals surface area contributed by atoms with Gasteiger partial charge in [0.15, 0.2) is 11.1 Å². The summed E-state index contributed by atoms with van der Waals surface area (Å²) in [5.74, 6) is 1.21. The number of nitrogens with zero attached hydrogens (tertiary/aromatic N) is 3. The van der Waals surface area contributed by atoms with Crippen molar-refractivity contribution in [2.75, 3.05) is 0 Å². The van der Waals surface area contributed by atoms with E-state index in [9.17, 15) is 0 Å². The van der Waals surface area contributed by atoms with Gasteiger partial charge in [0.05, 0.1) is 12.7 Å². The minimum Gasteiger partial charge on any atom is -0.340 e. The molecule has 0 aliphatic heterocycles. The van der Waals surface area contributed by atoms with E-state index in [0.717, 1.165) is 5.65 Å². The molecule has 2 saturated carbocycles. The molecule has 2 aromatic heterocycles. The normalized spacial score (nSPS) is 19.2. The molecule has 2 heterocycles. The standard InChI is InChI=1S/C12H12N5.C5H5.Fe/c1-8(9-4-2-3-5-9)17-7-16-11(13)10-12(17)15-6-14-10;1-2-4-5-3-1;/h2-8,13H,1H3,(H,14,15);1-5H;/q;;+2. The quantitative estimate of drug-likeness (QED) is 0.818. The molecule has 0 bridgehead atoms. The first-order chi connectivity index (χ1) is 10.8. The van der Waals surface area contributed by atoms with Crippen LogP contribution in [-0.4, -0.2) is 19.5 Å². The van der Waals surface area contributed by atoms with Crippen molar-refractivity contribution in [1.29, 1.82) is 5.41 Å². The number of imidazole rings is 1. The molecule has 2 fully saturated rings. The number of hydrogen-bond acceptors (Lipinski definition) is 3. The van der Waals surface area contributed by atoms with Crippen LogP contribution in [0, 0.1) is 69.1 Å². The van der Waals surface area contributed by atoms with E-state index in [1.54, 1.807) is 12.7 Å². The Balaban J connectivity index is 0.000000276. The molecule has 1 unspecified atom stereocenters. The summed E-state index contributed by atoms with van der Waals surface area (Å²) in [4.78, 5) is 11.3. The average molecular weight is 347 g/mol. The third-order valence-electron chi connectivity index (χ3n) is 3.56. The molecule has 10 radical (unpaired) electrons. The van der Waals surface area contributed by atoms with Crippen LogP contribution in [0.4, 0.5) is 0 Å². The third-order valence-corrected chi connectivity index (χ3v) is 3.56. The summed E-state index contributed by atoms with van der Waals surface area (Å²) >= 11 is 0. The molecular formula is C17H17FeN5+2. The van der Waals surface area contributed by atoms with E-state index in [4.69, 9.17) is 5.41 Å². The molecule has 2 aliphatic carbocycles. The number of hydrogen-bond donors (Lipinski definition) is 2. The maximum Gasteiger partial charge on any atom is 2.00 e. The summed E-state index contributed by atoms with van der Waals surface area (Å²) < 4.78 is 1.97. The van der Waals surface area contributed by atoms with E-state index >= 15 is 0 Å². The smallest absolute Gasteiger partial charge is 0.340 e. The Morgan fingerprint density at radius 3 is 2.22 bits per heavy atom. The fourth-order valence-corrected chi connectivity index (χ4v) is 2.33. The molecule has 0 aromatic carbocycles. The number of rotatable bonds is 2. The summed E-state index contributed by atoms with van der Waals surface area (Å²) in [5, 5.41) is 7.70. The average Bonchev–Trinajstić information content (AvgIpc) is 3.28. The van der Waals surface area contributed by atoms with E-state index in [0.29, 0.717) is 5.52 Å². The van der Waals surface area contributed by atoms with Gasteiger partial charge in [0, 0.05) is 12.0 Å². The fraction of sp³-hybridized carbons (Fsp3) is 0.118. The van der Waals surface area contributed by atoms with Gasteiger partial charge in [0.25, 0.3) is 0 Å². The van der Waals surface area contributed by atoms with Gasteiger partial charge in [-0.15, -0.1) is 0 Å². The summed E-state index contributed by atoms with van der Waals surface area (Å²) in [5.41, 5.74) is 1.66. The molecule has 2 aliphatic rings. The van der Waals surface area contributed by atoms with E-state index in [1.165, 1.54) is 5.92 Å². The number of aromatic nitrogens is 4. The zero-order valence-corrected chi connectivity index (χ0v) is 13.7. The van der Waals surface area contributed by atoms with Gasteiger partial charge in [-0.05, 0) is 64.7 Å². The Hall–Kier alpha value is -1.13. The second-order valence-electron chi connectivity index (χ2n) is 4.96. The summed E-state index contributed by atoms with van der Waals surface area (Å²) in [6, 6.07) is 0.156. The number of nitrogens with one attached hydrogen (secondary N) is 2. The maximum atomic E-state index is 7.70. The number of fused-ring (bicyclic) bond motifs is 1. The monoisotopic (exact) mass is 347 g/mol. The molecule has 0 spiro atoms. The van der Waals surface area contributed by atoms with Gasteiger partial charge in [-0.2, -0.15) is 0 Å². The first-order valence-corrected chi connectivity index (χ1v) is 7.10. The van der Waals surface area contributed by atoms with Crippen LogP contribution >= 0.6 is 0 Å². The van der Waals surface area contributed by atoms with Crippen LogP contribution in [-0.2, 0) is 17.1 Å². The Kier molecular flexibility index (Phi) is 6.85. The minimum atomic E-state index is 0. The van der Waals surface area contributed by atoms with E-state index in [2.05, 4.69) is 34.7 Å². The molecule has 116 valence electrons. The molecule has 1 atom stereocenters. The topological polar surface area (TPSA) is 70.3 Å². The number of H-pyrrole nitrogens is 1. The SMILES string of the molecule is CC([C]1[CH][CH][CH][CH]1)n1cnc(=N)c2[nH]cnc21.[CH]1[CH][CH][CH][CH]1.[Fe+2]. The molecule has 4 rings (SSSR count). The van der Waals surface area contributed by atoms with Crippen molar-refractivity contribution in [1.82, 2.24) is 19.5 Å². The van der Waals surface area contributed by atoms with Gasteiger partial charge >= 0.3 is 17.1 Å². The minimum absolute atomic E-state index is 0. The Morgan fingerprint density at radius 1 is 1.00 bits per heavy atom.